The van der Waals surface area contributed by atoms with Gasteiger partial charge in [-0.25, -0.2) is 8.42 Å². The van der Waals surface area contributed by atoms with E-state index in [4.69, 9.17) is 5.26 Å². The normalized spacial score (nSPS) is 14.3. The predicted molar refractivity (Wildman–Crippen MR) is 98.9 cm³/mol. The van der Waals surface area contributed by atoms with Crippen molar-refractivity contribution in [1.29, 1.82) is 5.26 Å². The Bertz CT molecular complexity index is 1180. The Balaban J connectivity index is 2.29. The van der Waals surface area contributed by atoms with Gasteiger partial charge in [-0.15, -0.1) is 0 Å². The quantitative estimate of drug-likeness (QED) is 0.634. The van der Waals surface area contributed by atoms with E-state index in [1.807, 2.05) is 5.32 Å². The van der Waals surface area contributed by atoms with Gasteiger partial charge in [0.2, 0.25) is 0 Å². The van der Waals surface area contributed by atoms with Crippen molar-refractivity contribution in [1.82, 2.24) is 0 Å². The van der Waals surface area contributed by atoms with Crippen LogP contribution in [0.2, 0.25) is 0 Å². The molecule has 0 aliphatic rings. The fourth-order valence-electron chi connectivity index (χ4n) is 2.60. The number of nitriles is 1. The van der Waals surface area contributed by atoms with Gasteiger partial charge in [0, 0.05) is 5.69 Å². The number of alkyl halides is 6. The predicted octanol–water partition coefficient (Wildman–Crippen LogP) is 3.76. The first-order valence-corrected chi connectivity index (χ1v) is 10.2. The van der Waals surface area contributed by atoms with E-state index in [1.54, 1.807) is 0 Å². The van der Waals surface area contributed by atoms with Gasteiger partial charge in [-0.2, -0.15) is 31.6 Å². The van der Waals surface area contributed by atoms with E-state index < -0.39 is 66.7 Å². The summed E-state index contributed by atoms with van der Waals surface area (Å²) in [4.78, 5) is 11.5. The van der Waals surface area contributed by atoms with Crippen LogP contribution >= 0.6 is 0 Å². The maximum atomic E-state index is 13.0. The minimum atomic E-state index is -4.93. The largest absolute Gasteiger partial charge is 0.417 e. The summed E-state index contributed by atoms with van der Waals surface area (Å²) in [6, 6.07) is 6.10. The summed E-state index contributed by atoms with van der Waals surface area (Å²) in [7, 11) is -4.61. The molecule has 0 saturated heterocycles. The van der Waals surface area contributed by atoms with Gasteiger partial charge in [0.25, 0.3) is 5.91 Å². The Morgan fingerprint density at radius 3 is 2.22 bits per heavy atom. The number of anilines is 1. The topological polar surface area (TPSA) is 107 Å². The molecule has 0 saturated carbocycles. The van der Waals surface area contributed by atoms with Crippen LogP contribution in [0.4, 0.5) is 32.0 Å². The number of hydrogen-bond acceptors (Lipinski definition) is 5. The molecule has 0 aromatic heterocycles. The second kappa shape index (κ2) is 8.44. The Kier molecular flexibility index (Phi) is 6.63. The average Bonchev–Trinajstić information content (AvgIpc) is 2.66. The van der Waals surface area contributed by atoms with E-state index in [1.165, 1.54) is 6.07 Å². The van der Waals surface area contributed by atoms with Crippen LogP contribution < -0.4 is 5.32 Å². The fraction of sp³-hybridized carbons (Fsp3) is 0.263. The first kappa shape index (κ1) is 25.2. The number of sulfone groups is 1. The maximum absolute atomic E-state index is 13.0. The molecule has 2 aromatic rings. The van der Waals surface area contributed by atoms with Gasteiger partial charge >= 0.3 is 12.4 Å². The van der Waals surface area contributed by atoms with Crippen LogP contribution in [0.3, 0.4) is 0 Å². The van der Waals surface area contributed by atoms with Crippen molar-refractivity contribution in [3.05, 3.63) is 59.2 Å². The Morgan fingerprint density at radius 1 is 1.06 bits per heavy atom. The number of aliphatic hydroxyl groups is 1. The van der Waals surface area contributed by atoms with Crippen LogP contribution in [0.1, 0.15) is 23.6 Å². The first-order chi connectivity index (χ1) is 14.5. The third-order valence-corrected chi connectivity index (χ3v) is 6.10. The second-order valence-electron chi connectivity index (χ2n) is 6.88. The lowest BCUT2D eigenvalue weighted by Crippen LogP contribution is -2.45. The van der Waals surface area contributed by atoms with Crippen LogP contribution in [0.25, 0.3) is 0 Å². The monoisotopic (exact) mass is 480 g/mol. The standard InChI is InChI=1S/C19H14F6N2O4S/c1-17(29,10-32(30,31)14-4-2-3-12(7-14)18(20,21)22)16(28)27-13-6-5-11(9-26)15(8-13)19(23,24)25/h2-8,29H,10H2,1H3,(H,27,28)/t17-/m0/s1. The first-order valence-electron chi connectivity index (χ1n) is 8.52. The number of carbonyl (C=O) groups is 1. The van der Waals surface area contributed by atoms with E-state index in [9.17, 15) is 44.7 Å². The summed E-state index contributed by atoms with van der Waals surface area (Å²) in [5.74, 6) is -2.78. The molecule has 0 fully saturated rings. The Hall–Kier alpha value is -3.11. The molecule has 2 rings (SSSR count). The minimum Gasteiger partial charge on any atom is -0.379 e. The molecule has 0 heterocycles. The summed E-state index contributed by atoms with van der Waals surface area (Å²) < 4.78 is 103. The zero-order valence-electron chi connectivity index (χ0n) is 16.0. The molecule has 0 aliphatic carbocycles. The number of benzene rings is 2. The number of hydrogen-bond donors (Lipinski definition) is 2. The number of rotatable bonds is 5. The molecular weight excluding hydrogens is 466 g/mol. The summed E-state index contributed by atoms with van der Waals surface area (Å²) in [6.45, 7) is 0.738. The lowest BCUT2D eigenvalue weighted by Gasteiger charge is -2.23. The van der Waals surface area contributed by atoms with Crippen LogP contribution in [-0.2, 0) is 27.0 Å². The second-order valence-corrected chi connectivity index (χ2v) is 8.87. The van der Waals surface area contributed by atoms with Gasteiger partial charge in [0.05, 0.1) is 33.4 Å². The number of nitrogens with zero attached hydrogens (tertiary/aromatic N) is 1. The number of halogens is 6. The fourth-order valence-corrected chi connectivity index (χ4v) is 4.23. The minimum absolute atomic E-state index is 0.333. The maximum Gasteiger partial charge on any atom is 0.417 e. The van der Waals surface area contributed by atoms with Gasteiger partial charge < -0.3 is 10.4 Å². The smallest absolute Gasteiger partial charge is 0.379 e. The van der Waals surface area contributed by atoms with E-state index in [0.717, 1.165) is 31.2 Å². The van der Waals surface area contributed by atoms with Crippen LogP contribution in [0.15, 0.2) is 47.4 Å². The zero-order chi connectivity index (χ0) is 24.5. The SMILES string of the molecule is C[C@](O)(CS(=O)(=O)c1cccc(C(F)(F)F)c1)C(=O)Nc1ccc(C#N)c(C(F)(F)F)c1. The van der Waals surface area contributed by atoms with E-state index >= 15 is 0 Å². The molecule has 2 aromatic carbocycles. The average molecular weight is 480 g/mol. The summed E-state index contributed by atoms with van der Waals surface area (Å²) in [5.41, 5.74) is -6.57. The number of carbonyl (C=O) groups excluding carboxylic acids is 1. The third-order valence-electron chi connectivity index (χ3n) is 4.18. The highest BCUT2D eigenvalue weighted by molar-refractivity contribution is 7.91. The van der Waals surface area contributed by atoms with Crippen molar-refractivity contribution in [3.8, 4) is 6.07 Å². The van der Waals surface area contributed by atoms with Gasteiger partial charge in [0.1, 0.15) is 0 Å². The molecule has 0 spiro atoms. The highest BCUT2D eigenvalue weighted by Crippen LogP contribution is 2.34. The molecule has 172 valence electrons. The highest BCUT2D eigenvalue weighted by atomic mass is 32.2. The molecule has 1 amide bonds. The molecule has 0 bridgehead atoms. The van der Waals surface area contributed by atoms with Crippen molar-refractivity contribution in [2.45, 2.75) is 29.8 Å². The van der Waals surface area contributed by atoms with Crippen LogP contribution in [-0.4, -0.2) is 30.8 Å². The molecule has 32 heavy (non-hydrogen) atoms. The van der Waals surface area contributed by atoms with Crippen molar-refractivity contribution in [2.24, 2.45) is 0 Å². The highest BCUT2D eigenvalue weighted by Gasteiger charge is 2.39. The van der Waals surface area contributed by atoms with Crippen molar-refractivity contribution in [3.63, 3.8) is 0 Å². The molecular formula is C19H14F6N2O4S. The van der Waals surface area contributed by atoms with E-state index in [0.29, 0.717) is 18.2 Å². The summed E-state index contributed by atoms with van der Waals surface area (Å²) in [6.07, 6.45) is -9.77. The van der Waals surface area contributed by atoms with Crippen LogP contribution in [0.5, 0.6) is 0 Å². The third kappa shape index (κ3) is 5.77. The van der Waals surface area contributed by atoms with Gasteiger partial charge in [-0.1, -0.05) is 6.07 Å². The van der Waals surface area contributed by atoms with Gasteiger partial charge in [0.15, 0.2) is 15.4 Å². The van der Waals surface area contributed by atoms with Crippen molar-refractivity contribution < 1.29 is 44.7 Å². The van der Waals surface area contributed by atoms with Crippen molar-refractivity contribution >= 4 is 21.4 Å². The van der Waals surface area contributed by atoms with Gasteiger partial charge in [-0.3, -0.25) is 4.79 Å². The molecule has 0 aliphatic heterocycles. The number of nitrogens with one attached hydrogen (secondary N) is 1. The molecule has 1 atom stereocenters. The lowest BCUT2D eigenvalue weighted by atomic mass is 10.1. The molecule has 0 unspecified atom stereocenters. The lowest BCUT2D eigenvalue weighted by molar-refractivity contribution is -0.138. The van der Waals surface area contributed by atoms with Crippen molar-refractivity contribution in [2.75, 3.05) is 11.1 Å². The molecule has 13 heteroatoms. The molecule has 0 radical (unpaired) electrons. The number of amides is 1. The summed E-state index contributed by atoms with van der Waals surface area (Å²) >= 11 is 0. The zero-order valence-corrected chi connectivity index (χ0v) is 16.9. The molecule has 6 nitrogen and oxygen atoms in total. The van der Waals surface area contributed by atoms with Gasteiger partial charge in [-0.05, 0) is 43.3 Å². The van der Waals surface area contributed by atoms with E-state index in [2.05, 4.69) is 0 Å². The van der Waals surface area contributed by atoms with E-state index in [-0.39, 0.29) is 0 Å². The Morgan fingerprint density at radius 2 is 1.69 bits per heavy atom. The summed E-state index contributed by atoms with van der Waals surface area (Å²) in [5, 5.41) is 21.0. The molecule has 2 N–H and O–H groups in total. The van der Waals surface area contributed by atoms with Crippen LogP contribution in [0, 0.1) is 11.3 Å². The Labute approximate surface area is 178 Å².